The van der Waals surface area contributed by atoms with Gasteiger partial charge in [-0.2, -0.15) is 0 Å². The van der Waals surface area contributed by atoms with Gasteiger partial charge in [0.15, 0.2) is 0 Å². The lowest BCUT2D eigenvalue weighted by Crippen LogP contribution is -2.15. The average molecular weight is 380 g/mol. The highest BCUT2D eigenvalue weighted by molar-refractivity contribution is 7.17. The van der Waals surface area contributed by atoms with Gasteiger partial charge < -0.3 is 10.1 Å². The van der Waals surface area contributed by atoms with Gasteiger partial charge in [0, 0.05) is 11.3 Å². The van der Waals surface area contributed by atoms with Crippen LogP contribution in [-0.4, -0.2) is 18.5 Å². The number of amides is 1. The van der Waals surface area contributed by atoms with E-state index in [-0.39, 0.29) is 11.9 Å². The molecule has 1 aliphatic rings. The van der Waals surface area contributed by atoms with Crippen LogP contribution in [0.25, 0.3) is 0 Å². The summed E-state index contributed by atoms with van der Waals surface area (Å²) in [5.74, 6) is -0.273. The molecule has 1 aliphatic carbocycles. The number of esters is 1. The Bertz CT molecular complexity index is 594. The largest absolute Gasteiger partial charge is 0.462 e. The lowest BCUT2D eigenvalue weighted by atomic mass is 9.96. The lowest BCUT2D eigenvalue weighted by Gasteiger charge is -2.11. The van der Waals surface area contributed by atoms with Crippen molar-refractivity contribution in [2.24, 2.45) is 0 Å². The van der Waals surface area contributed by atoms with Crippen molar-refractivity contribution in [2.75, 3.05) is 11.9 Å². The van der Waals surface area contributed by atoms with Crippen LogP contribution in [0.2, 0.25) is 0 Å². The number of carbonyl (C=O) groups is 2. The standard InChI is InChI=1S/C21H33NO3S/c1-3-5-6-7-12-15-18(23)22-20-19(21(24)25-4-2)16-13-10-8-9-11-14-17(16)26-20/h3-15H2,1-2H3,(H,22,23). The zero-order valence-electron chi connectivity index (χ0n) is 16.3. The first kappa shape index (κ1) is 20.9. The van der Waals surface area contributed by atoms with Crippen LogP contribution in [0.5, 0.6) is 0 Å². The molecule has 0 spiro atoms. The molecule has 1 N–H and O–H groups in total. The minimum atomic E-state index is -0.288. The van der Waals surface area contributed by atoms with Crippen LogP contribution in [0.3, 0.4) is 0 Å². The van der Waals surface area contributed by atoms with Crippen LogP contribution in [0.1, 0.15) is 98.9 Å². The predicted molar refractivity (Wildman–Crippen MR) is 108 cm³/mol. The highest BCUT2D eigenvalue weighted by Gasteiger charge is 2.26. The number of carbonyl (C=O) groups excluding carboxylic acids is 2. The maximum absolute atomic E-state index is 12.5. The Morgan fingerprint density at radius 1 is 1.00 bits per heavy atom. The Balaban J connectivity index is 2.09. The molecule has 0 aliphatic heterocycles. The first-order valence-corrected chi connectivity index (χ1v) is 11.1. The Morgan fingerprint density at radius 3 is 2.46 bits per heavy atom. The van der Waals surface area contributed by atoms with Gasteiger partial charge in [-0.25, -0.2) is 4.79 Å². The summed E-state index contributed by atoms with van der Waals surface area (Å²) in [4.78, 5) is 26.2. The fourth-order valence-electron chi connectivity index (χ4n) is 3.50. The number of unbranched alkanes of at least 4 members (excludes halogenated alkanes) is 4. The Morgan fingerprint density at radius 2 is 1.73 bits per heavy atom. The molecular formula is C21H33NO3S. The quantitative estimate of drug-likeness (QED) is 0.430. The summed E-state index contributed by atoms with van der Waals surface area (Å²) in [6, 6.07) is 0. The van der Waals surface area contributed by atoms with E-state index < -0.39 is 0 Å². The summed E-state index contributed by atoms with van der Waals surface area (Å²) in [5, 5.41) is 3.72. The zero-order valence-corrected chi connectivity index (χ0v) is 17.1. The first-order chi connectivity index (χ1) is 12.7. The fraction of sp³-hybridized carbons (Fsp3) is 0.714. The van der Waals surface area contributed by atoms with Crippen molar-refractivity contribution >= 4 is 28.2 Å². The first-order valence-electron chi connectivity index (χ1n) is 10.3. The van der Waals surface area contributed by atoms with Crippen LogP contribution in [-0.2, 0) is 22.4 Å². The van der Waals surface area contributed by atoms with Crippen LogP contribution in [0.4, 0.5) is 5.00 Å². The summed E-state index contributed by atoms with van der Waals surface area (Å²) in [6.07, 6.45) is 12.7. The van der Waals surface area contributed by atoms with E-state index in [4.69, 9.17) is 4.74 Å². The molecule has 0 saturated heterocycles. The number of anilines is 1. The smallest absolute Gasteiger partial charge is 0.341 e. The van der Waals surface area contributed by atoms with Crippen LogP contribution in [0, 0.1) is 0 Å². The van der Waals surface area contributed by atoms with E-state index in [1.54, 1.807) is 11.3 Å². The second kappa shape index (κ2) is 11.4. The molecule has 0 saturated carbocycles. The number of fused-ring (bicyclic) bond motifs is 1. The number of thiophene rings is 1. The van der Waals surface area contributed by atoms with E-state index in [0.29, 0.717) is 23.6 Å². The predicted octanol–water partition coefficient (Wildman–Crippen LogP) is 5.88. The zero-order chi connectivity index (χ0) is 18.8. The molecule has 1 aromatic heterocycles. The molecule has 4 nitrogen and oxygen atoms in total. The number of rotatable bonds is 9. The van der Waals surface area contributed by atoms with Gasteiger partial charge in [0.2, 0.25) is 5.91 Å². The molecule has 1 amide bonds. The summed E-state index contributed by atoms with van der Waals surface area (Å²) >= 11 is 1.58. The Kier molecular flexibility index (Phi) is 9.16. The second-order valence-electron chi connectivity index (χ2n) is 7.05. The highest BCUT2D eigenvalue weighted by atomic mass is 32.1. The number of hydrogen-bond acceptors (Lipinski definition) is 4. The van der Waals surface area contributed by atoms with E-state index in [2.05, 4.69) is 12.2 Å². The van der Waals surface area contributed by atoms with E-state index in [1.807, 2.05) is 6.92 Å². The fourth-order valence-corrected chi connectivity index (χ4v) is 4.80. The normalized spacial score (nSPS) is 14.2. The molecular weight excluding hydrogens is 346 g/mol. The van der Waals surface area contributed by atoms with Gasteiger partial charge in [0.1, 0.15) is 5.00 Å². The molecule has 0 bridgehead atoms. The molecule has 0 atom stereocenters. The minimum absolute atomic E-state index is 0.0151. The molecule has 146 valence electrons. The number of hydrogen-bond donors (Lipinski definition) is 1. The van der Waals surface area contributed by atoms with E-state index in [1.165, 1.54) is 37.0 Å². The van der Waals surface area contributed by atoms with E-state index >= 15 is 0 Å². The topological polar surface area (TPSA) is 55.4 Å². The van der Waals surface area contributed by atoms with Gasteiger partial charge >= 0.3 is 5.97 Å². The molecule has 0 unspecified atom stereocenters. The van der Waals surface area contributed by atoms with Crippen molar-refractivity contribution in [1.29, 1.82) is 0 Å². The maximum atomic E-state index is 12.5. The molecule has 5 heteroatoms. The molecule has 1 aromatic rings. The summed E-state index contributed by atoms with van der Waals surface area (Å²) in [7, 11) is 0. The van der Waals surface area contributed by atoms with Gasteiger partial charge in [-0.1, -0.05) is 45.4 Å². The summed E-state index contributed by atoms with van der Waals surface area (Å²) in [6.45, 7) is 4.36. The third kappa shape index (κ3) is 6.11. The lowest BCUT2D eigenvalue weighted by molar-refractivity contribution is -0.116. The maximum Gasteiger partial charge on any atom is 0.341 e. The molecule has 0 fully saturated rings. The molecule has 0 radical (unpaired) electrons. The van der Waals surface area contributed by atoms with Crippen molar-refractivity contribution in [3.05, 3.63) is 16.0 Å². The minimum Gasteiger partial charge on any atom is -0.462 e. The molecule has 0 aromatic carbocycles. The van der Waals surface area contributed by atoms with E-state index in [9.17, 15) is 9.59 Å². The van der Waals surface area contributed by atoms with Gasteiger partial charge in [-0.3, -0.25) is 4.79 Å². The third-order valence-corrected chi connectivity index (χ3v) is 6.12. The number of ether oxygens (including phenoxy) is 1. The molecule has 2 rings (SSSR count). The second-order valence-corrected chi connectivity index (χ2v) is 8.16. The van der Waals surface area contributed by atoms with Crippen molar-refractivity contribution < 1.29 is 14.3 Å². The highest BCUT2D eigenvalue weighted by Crippen LogP contribution is 2.37. The average Bonchev–Trinajstić information content (AvgIpc) is 2.91. The third-order valence-electron chi connectivity index (χ3n) is 4.91. The molecule has 1 heterocycles. The summed E-state index contributed by atoms with van der Waals surface area (Å²) in [5.41, 5.74) is 1.74. The van der Waals surface area contributed by atoms with Gasteiger partial charge in [-0.05, 0) is 44.6 Å². The monoisotopic (exact) mass is 379 g/mol. The van der Waals surface area contributed by atoms with Gasteiger partial charge in [0.25, 0.3) is 0 Å². The Labute approximate surface area is 161 Å². The SMILES string of the molecule is CCCCCCCC(=O)Nc1sc2c(c1C(=O)OCC)CCCCCC2. The van der Waals surface area contributed by atoms with Crippen LogP contribution >= 0.6 is 11.3 Å². The number of nitrogens with one attached hydrogen (secondary N) is 1. The van der Waals surface area contributed by atoms with Crippen molar-refractivity contribution in [1.82, 2.24) is 0 Å². The van der Waals surface area contributed by atoms with Crippen molar-refractivity contribution in [3.8, 4) is 0 Å². The Hall–Kier alpha value is -1.36. The van der Waals surface area contributed by atoms with Crippen molar-refractivity contribution in [2.45, 2.75) is 90.9 Å². The van der Waals surface area contributed by atoms with E-state index in [0.717, 1.165) is 44.1 Å². The van der Waals surface area contributed by atoms with Gasteiger partial charge in [0.05, 0.1) is 12.2 Å². The van der Waals surface area contributed by atoms with Gasteiger partial charge in [-0.15, -0.1) is 11.3 Å². The van der Waals surface area contributed by atoms with Crippen LogP contribution in [0.15, 0.2) is 0 Å². The van der Waals surface area contributed by atoms with Crippen LogP contribution < -0.4 is 5.32 Å². The van der Waals surface area contributed by atoms with Crippen molar-refractivity contribution in [3.63, 3.8) is 0 Å². The molecule has 26 heavy (non-hydrogen) atoms. The number of aryl methyl sites for hydroxylation is 1. The summed E-state index contributed by atoms with van der Waals surface area (Å²) < 4.78 is 5.29.